The highest BCUT2D eigenvalue weighted by Crippen LogP contribution is 2.34. The van der Waals surface area contributed by atoms with Gasteiger partial charge in [-0.2, -0.15) is 0 Å². The van der Waals surface area contributed by atoms with Gasteiger partial charge in [-0.25, -0.2) is 4.98 Å². The van der Waals surface area contributed by atoms with Crippen LogP contribution in [0.4, 0.5) is 5.82 Å². The molecule has 0 radical (unpaired) electrons. The number of nitrogens with zero attached hydrogens (tertiary/aromatic N) is 1. The number of aromatic nitrogens is 1. The summed E-state index contributed by atoms with van der Waals surface area (Å²) in [5.74, 6) is 0.251. The first-order valence-electron chi connectivity index (χ1n) is 6.60. The third kappa shape index (κ3) is 3.22. The molecule has 0 bridgehead atoms. The van der Waals surface area contributed by atoms with Gasteiger partial charge in [0, 0.05) is 6.54 Å². The van der Waals surface area contributed by atoms with E-state index in [0.29, 0.717) is 11.5 Å². The second-order valence-corrected chi connectivity index (χ2v) is 5.50. The van der Waals surface area contributed by atoms with Gasteiger partial charge in [0.25, 0.3) is 5.91 Å². The Morgan fingerprint density at radius 1 is 1.39 bits per heavy atom. The summed E-state index contributed by atoms with van der Waals surface area (Å²) < 4.78 is 0. The van der Waals surface area contributed by atoms with Crippen molar-refractivity contribution in [3.63, 3.8) is 0 Å². The molecule has 98 valence electrons. The molecule has 1 aliphatic carbocycles. The fraction of sp³-hybridized carbons (Fsp3) is 0.571. The van der Waals surface area contributed by atoms with Gasteiger partial charge in [0.05, 0.1) is 0 Å². The SMILES string of the molecule is CC1(CNC(=O)c2cccc(N)n2)CCCCC1. The van der Waals surface area contributed by atoms with Crippen molar-refractivity contribution < 1.29 is 4.79 Å². The van der Waals surface area contributed by atoms with Crippen molar-refractivity contribution in [3.8, 4) is 0 Å². The third-order valence-corrected chi connectivity index (χ3v) is 3.74. The summed E-state index contributed by atoms with van der Waals surface area (Å²) in [6.45, 7) is 2.97. The van der Waals surface area contributed by atoms with Gasteiger partial charge < -0.3 is 11.1 Å². The minimum atomic E-state index is -0.130. The van der Waals surface area contributed by atoms with Crippen LogP contribution in [0.1, 0.15) is 49.5 Å². The molecule has 4 nitrogen and oxygen atoms in total. The van der Waals surface area contributed by atoms with Gasteiger partial charge in [0.1, 0.15) is 11.5 Å². The summed E-state index contributed by atoms with van der Waals surface area (Å²) in [5.41, 5.74) is 6.21. The van der Waals surface area contributed by atoms with Crippen LogP contribution >= 0.6 is 0 Å². The van der Waals surface area contributed by atoms with Crippen LogP contribution < -0.4 is 11.1 Å². The van der Waals surface area contributed by atoms with Crippen LogP contribution in [-0.4, -0.2) is 17.4 Å². The summed E-state index contributed by atoms with van der Waals surface area (Å²) >= 11 is 0. The molecule has 1 aliphatic rings. The Bertz CT molecular complexity index is 425. The summed E-state index contributed by atoms with van der Waals surface area (Å²) in [5, 5.41) is 2.98. The van der Waals surface area contributed by atoms with Gasteiger partial charge in [-0.05, 0) is 30.4 Å². The smallest absolute Gasteiger partial charge is 0.269 e. The van der Waals surface area contributed by atoms with Crippen LogP contribution in [0.3, 0.4) is 0 Å². The molecule has 0 aliphatic heterocycles. The molecule has 0 aromatic carbocycles. The van der Waals surface area contributed by atoms with Crippen molar-refractivity contribution in [3.05, 3.63) is 23.9 Å². The van der Waals surface area contributed by atoms with Gasteiger partial charge in [-0.3, -0.25) is 4.79 Å². The topological polar surface area (TPSA) is 68.0 Å². The number of nitrogens with one attached hydrogen (secondary N) is 1. The Balaban J connectivity index is 1.92. The van der Waals surface area contributed by atoms with Crippen LogP contribution in [0.2, 0.25) is 0 Å². The number of anilines is 1. The maximum Gasteiger partial charge on any atom is 0.269 e. The number of nitrogens with two attached hydrogens (primary N) is 1. The molecule has 0 unspecified atom stereocenters. The van der Waals surface area contributed by atoms with Gasteiger partial charge in [-0.15, -0.1) is 0 Å². The largest absolute Gasteiger partial charge is 0.384 e. The number of amides is 1. The zero-order valence-electron chi connectivity index (χ0n) is 10.9. The number of rotatable bonds is 3. The third-order valence-electron chi connectivity index (χ3n) is 3.74. The number of hydrogen-bond acceptors (Lipinski definition) is 3. The molecule has 1 saturated carbocycles. The first-order chi connectivity index (χ1) is 8.59. The first-order valence-corrected chi connectivity index (χ1v) is 6.60. The molecular formula is C14H21N3O. The van der Waals surface area contributed by atoms with Crippen molar-refractivity contribution in [2.45, 2.75) is 39.0 Å². The van der Waals surface area contributed by atoms with Crippen molar-refractivity contribution >= 4 is 11.7 Å². The van der Waals surface area contributed by atoms with E-state index in [1.54, 1.807) is 18.2 Å². The lowest BCUT2D eigenvalue weighted by molar-refractivity contribution is 0.0914. The maximum absolute atomic E-state index is 12.0. The fourth-order valence-corrected chi connectivity index (χ4v) is 2.54. The number of carbonyl (C=O) groups is 1. The average molecular weight is 247 g/mol. The van der Waals surface area contributed by atoms with E-state index in [0.717, 1.165) is 6.54 Å². The summed E-state index contributed by atoms with van der Waals surface area (Å²) in [4.78, 5) is 16.0. The lowest BCUT2D eigenvalue weighted by Gasteiger charge is -2.33. The standard InChI is InChI=1S/C14H21N3O/c1-14(8-3-2-4-9-14)10-16-13(18)11-6-5-7-12(15)17-11/h5-7H,2-4,8-10H2,1H3,(H2,15,17)(H,16,18). The van der Waals surface area contributed by atoms with Gasteiger partial charge in [0.2, 0.25) is 0 Å². The quantitative estimate of drug-likeness (QED) is 0.861. The Kier molecular flexibility index (Phi) is 3.84. The predicted octanol–water partition coefficient (Wildman–Crippen LogP) is 2.36. The summed E-state index contributed by atoms with van der Waals surface area (Å²) in [6.07, 6.45) is 6.24. The molecule has 1 fully saturated rings. The van der Waals surface area contributed by atoms with Crippen molar-refractivity contribution in [2.75, 3.05) is 12.3 Å². The molecule has 1 heterocycles. The zero-order chi connectivity index (χ0) is 13.0. The Labute approximate surface area is 108 Å². The van der Waals surface area contributed by atoms with E-state index < -0.39 is 0 Å². The second-order valence-electron chi connectivity index (χ2n) is 5.50. The van der Waals surface area contributed by atoms with Crippen LogP contribution in [-0.2, 0) is 0 Å². The fourth-order valence-electron chi connectivity index (χ4n) is 2.54. The lowest BCUT2D eigenvalue weighted by atomic mass is 9.76. The molecule has 18 heavy (non-hydrogen) atoms. The molecule has 4 heteroatoms. The first kappa shape index (κ1) is 12.9. The van der Waals surface area contributed by atoms with Crippen LogP contribution in [0.25, 0.3) is 0 Å². The van der Waals surface area contributed by atoms with Gasteiger partial charge >= 0.3 is 0 Å². The van der Waals surface area contributed by atoms with Crippen LogP contribution in [0, 0.1) is 5.41 Å². The minimum absolute atomic E-state index is 0.130. The molecule has 2 rings (SSSR count). The molecular weight excluding hydrogens is 226 g/mol. The molecule has 1 aromatic heterocycles. The number of pyridine rings is 1. The zero-order valence-corrected chi connectivity index (χ0v) is 10.9. The Hall–Kier alpha value is -1.58. The molecule has 3 N–H and O–H groups in total. The van der Waals surface area contributed by atoms with Crippen LogP contribution in [0.5, 0.6) is 0 Å². The van der Waals surface area contributed by atoms with E-state index in [2.05, 4.69) is 17.2 Å². The Morgan fingerprint density at radius 2 is 2.11 bits per heavy atom. The van der Waals surface area contributed by atoms with E-state index in [1.807, 2.05) is 0 Å². The van der Waals surface area contributed by atoms with Gasteiger partial charge in [0.15, 0.2) is 0 Å². The van der Waals surface area contributed by atoms with E-state index >= 15 is 0 Å². The van der Waals surface area contributed by atoms with Crippen molar-refractivity contribution in [1.82, 2.24) is 10.3 Å². The van der Waals surface area contributed by atoms with Crippen molar-refractivity contribution in [2.24, 2.45) is 5.41 Å². The van der Waals surface area contributed by atoms with E-state index in [9.17, 15) is 4.79 Å². The average Bonchev–Trinajstić information content (AvgIpc) is 2.37. The van der Waals surface area contributed by atoms with E-state index in [1.165, 1.54) is 32.1 Å². The molecule has 0 saturated heterocycles. The number of hydrogen-bond donors (Lipinski definition) is 2. The highest BCUT2D eigenvalue weighted by Gasteiger charge is 2.27. The van der Waals surface area contributed by atoms with E-state index in [4.69, 9.17) is 5.73 Å². The van der Waals surface area contributed by atoms with E-state index in [-0.39, 0.29) is 11.3 Å². The maximum atomic E-state index is 12.0. The predicted molar refractivity (Wildman–Crippen MR) is 72.2 cm³/mol. The highest BCUT2D eigenvalue weighted by atomic mass is 16.1. The highest BCUT2D eigenvalue weighted by molar-refractivity contribution is 5.92. The van der Waals surface area contributed by atoms with Crippen molar-refractivity contribution in [1.29, 1.82) is 0 Å². The molecule has 1 aromatic rings. The minimum Gasteiger partial charge on any atom is -0.384 e. The molecule has 1 amide bonds. The molecule has 0 spiro atoms. The van der Waals surface area contributed by atoms with Crippen LogP contribution in [0.15, 0.2) is 18.2 Å². The molecule has 0 atom stereocenters. The normalized spacial score (nSPS) is 18.3. The Morgan fingerprint density at radius 3 is 2.78 bits per heavy atom. The summed E-state index contributed by atoms with van der Waals surface area (Å²) in [6, 6.07) is 5.12. The lowest BCUT2D eigenvalue weighted by Crippen LogP contribution is -2.37. The number of carbonyl (C=O) groups excluding carboxylic acids is 1. The monoisotopic (exact) mass is 247 g/mol. The number of nitrogen functional groups attached to an aromatic ring is 1. The van der Waals surface area contributed by atoms with Gasteiger partial charge in [-0.1, -0.05) is 32.3 Å². The summed E-state index contributed by atoms with van der Waals surface area (Å²) in [7, 11) is 0. The second kappa shape index (κ2) is 5.38.